The Morgan fingerprint density at radius 3 is 2.65 bits per heavy atom. The van der Waals surface area contributed by atoms with Crippen LogP contribution < -0.4 is 5.32 Å². The Morgan fingerprint density at radius 2 is 2.06 bits per heavy atom. The van der Waals surface area contributed by atoms with Crippen molar-refractivity contribution in [3.05, 3.63) is 35.9 Å². The Bertz CT molecular complexity index is 373. The molecule has 1 N–H and O–H groups in total. The smallest absolute Gasteiger partial charge is 0.236 e. The van der Waals surface area contributed by atoms with Gasteiger partial charge in [0.15, 0.2) is 0 Å². The summed E-state index contributed by atoms with van der Waals surface area (Å²) in [6.07, 6.45) is 2.43. The number of rotatable bonds is 5. The Labute approximate surface area is 103 Å². The van der Waals surface area contributed by atoms with E-state index in [2.05, 4.69) is 24.4 Å². The fourth-order valence-corrected chi connectivity index (χ4v) is 1.81. The average Bonchev–Trinajstić information content (AvgIpc) is 3.19. The van der Waals surface area contributed by atoms with Gasteiger partial charge in [-0.2, -0.15) is 0 Å². The molecule has 0 spiro atoms. The first-order valence-electron chi connectivity index (χ1n) is 6.22. The van der Waals surface area contributed by atoms with Crippen molar-refractivity contribution < 1.29 is 4.79 Å². The van der Waals surface area contributed by atoms with Gasteiger partial charge in [0.25, 0.3) is 0 Å². The van der Waals surface area contributed by atoms with Gasteiger partial charge < -0.3 is 10.2 Å². The van der Waals surface area contributed by atoms with E-state index in [-0.39, 0.29) is 11.9 Å². The van der Waals surface area contributed by atoms with Crippen LogP contribution in [0.2, 0.25) is 0 Å². The Kier molecular flexibility index (Phi) is 3.79. The highest BCUT2D eigenvalue weighted by atomic mass is 16.2. The third kappa shape index (κ3) is 3.30. The van der Waals surface area contributed by atoms with Crippen LogP contribution in [0.3, 0.4) is 0 Å². The zero-order valence-corrected chi connectivity index (χ0v) is 10.5. The summed E-state index contributed by atoms with van der Waals surface area (Å²) in [5.74, 6) is 0.160. The summed E-state index contributed by atoms with van der Waals surface area (Å²) in [7, 11) is 1.87. The number of likely N-dealkylation sites (N-methyl/N-ethyl adjacent to an activating group) is 1. The molecule has 0 radical (unpaired) electrons. The zero-order valence-electron chi connectivity index (χ0n) is 10.5. The fraction of sp³-hybridized carbons (Fsp3) is 0.500. The summed E-state index contributed by atoms with van der Waals surface area (Å²) in [5.41, 5.74) is 1.18. The molecule has 1 amide bonds. The molecule has 1 aliphatic rings. The lowest BCUT2D eigenvalue weighted by Crippen LogP contribution is -2.37. The average molecular weight is 232 g/mol. The van der Waals surface area contributed by atoms with Crippen LogP contribution in [-0.2, 0) is 4.79 Å². The Balaban J connectivity index is 1.89. The summed E-state index contributed by atoms with van der Waals surface area (Å²) in [5, 5.41) is 3.25. The first-order chi connectivity index (χ1) is 8.18. The Hall–Kier alpha value is -1.35. The summed E-state index contributed by atoms with van der Waals surface area (Å²) in [6.45, 7) is 2.52. The van der Waals surface area contributed by atoms with Crippen LogP contribution in [0.1, 0.15) is 31.4 Å². The molecule has 1 aromatic rings. The van der Waals surface area contributed by atoms with Crippen molar-refractivity contribution in [2.45, 2.75) is 31.8 Å². The molecule has 3 heteroatoms. The zero-order chi connectivity index (χ0) is 12.3. The molecule has 17 heavy (non-hydrogen) atoms. The van der Waals surface area contributed by atoms with Crippen molar-refractivity contribution in [2.75, 3.05) is 13.6 Å². The molecular formula is C14H20N2O. The molecule has 0 aliphatic heterocycles. The van der Waals surface area contributed by atoms with Crippen LogP contribution in [0.4, 0.5) is 0 Å². The van der Waals surface area contributed by atoms with E-state index in [4.69, 9.17) is 0 Å². The molecule has 92 valence electrons. The maximum absolute atomic E-state index is 12.0. The molecule has 3 nitrogen and oxygen atoms in total. The second-order valence-electron chi connectivity index (χ2n) is 4.75. The lowest BCUT2D eigenvalue weighted by atomic mass is 10.1. The van der Waals surface area contributed by atoms with E-state index in [1.165, 1.54) is 18.4 Å². The van der Waals surface area contributed by atoms with Crippen molar-refractivity contribution >= 4 is 5.91 Å². The van der Waals surface area contributed by atoms with E-state index >= 15 is 0 Å². The number of carbonyl (C=O) groups excluding carboxylic acids is 1. The maximum Gasteiger partial charge on any atom is 0.236 e. The molecule has 1 unspecified atom stereocenters. The molecule has 0 aromatic heterocycles. The number of nitrogens with one attached hydrogen (secondary N) is 1. The minimum atomic E-state index is 0.129. The van der Waals surface area contributed by atoms with Gasteiger partial charge in [0.1, 0.15) is 0 Å². The fourth-order valence-electron chi connectivity index (χ4n) is 1.81. The topological polar surface area (TPSA) is 32.3 Å². The molecule has 1 aliphatic carbocycles. The molecule has 0 heterocycles. The number of benzene rings is 1. The van der Waals surface area contributed by atoms with E-state index in [0.717, 1.165) is 0 Å². The van der Waals surface area contributed by atoms with Gasteiger partial charge in [-0.05, 0) is 25.3 Å². The first kappa shape index (κ1) is 12.1. The molecule has 2 rings (SSSR count). The number of hydrogen-bond donors (Lipinski definition) is 1. The third-order valence-electron chi connectivity index (χ3n) is 3.38. The van der Waals surface area contributed by atoms with Gasteiger partial charge in [-0.3, -0.25) is 4.79 Å². The number of hydrogen-bond acceptors (Lipinski definition) is 2. The van der Waals surface area contributed by atoms with E-state index in [9.17, 15) is 4.79 Å². The molecule has 1 saturated carbocycles. The van der Waals surface area contributed by atoms with Gasteiger partial charge >= 0.3 is 0 Å². The lowest BCUT2D eigenvalue weighted by Gasteiger charge is -2.25. The highest BCUT2D eigenvalue weighted by Crippen LogP contribution is 2.20. The molecule has 1 atom stereocenters. The minimum absolute atomic E-state index is 0.129. The van der Waals surface area contributed by atoms with Crippen LogP contribution in [0.15, 0.2) is 30.3 Å². The van der Waals surface area contributed by atoms with Crippen molar-refractivity contribution in [1.82, 2.24) is 10.2 Å². The van der Waals surface area contributed by atoms with E-state index < -0.39 is 0 Å². The van der Waals surface area contributed by atoms with Crippen molar-refractivity contribution in [1.29, 1.82) is 0 Å². The number of carbonyl (C=O) groups is 1. The van der Waals surface area contributed by atoms with Gasteiger partial charge in [-0.25, -0.2) is 0 Å². The summed E-state index contributed by atoms with van der Waals surface area (Å²) < 4.78 is 0. The summed E-state index contributed by atoms with van der Waals surface area (Å²) >= 11 is 0. The predicted molar refractivity (Wildman–Crippen MR) is 68.7 cm³/mol. The highest BCUT2D eigenvalue weighted by Gasteiger charge is 2.23. The standard InChI is InChI=1S/C14H20N2O/c1-11(12-6-4-3-5-7-12)16(2)14(17)10-15-13-8-9-13/h3-7,11,13,15H,8-10H2,1-2H3. The van der Waals surface area contributed by atoms with Crippen LogP contribution in [-0.4, -0.2) is 30.4 Å². The van der Waals surface area contributed by atoms with E-state index in [1.54, 1.807) is 0 Å². The quantitative estimate of drug-likeness (QED) is 0.841. The Morgan fingerprint density at radius 1 is 1.41 bits per heavy atom. The second-order valence-corrected chi connectivity index (χ2v) is 4.75. The molecule has 1 fully saturated rings. The summed E-state index contributed by atoms with van der Waals surface area (Å²) in [6, 6.07) is 10.8. The van der Waals surface area contributed by atoms with Gasteiger partial charge in [0, 0.05) is 13.1 Å². The lowest BCUT2D eigenvalue weighted by molar-refractivity contribution is -0.130. The normalized spacial score (nSPS) is 16.6. The van der Waals surface area contributed by atoms with Gasteiger partial charge in [-0.1, -0.05) is 30.3 Å². The van der Waals surface area contributed by atoms with E-state index in [1.807, 2.05) is 30.1 Å². The van der Waals surface area contributed by atoms with Crippen LogP contribution in [0, 0.1) is 0 Å². The van der Waals surface area contributed by atoms with Crippen molar-refractivity contribution in [3.63, 3.8) is 0 Å². The highest BCUT2D eigenvalue weighted by molar-refractivity contribution is 5.78. The van der Waals surface area contributed by atoms with Gasteiger partial charge in [0.05, 0.1) is 12.6 Å². The van der Waals surface area contributed by atoms with Crippen molar-refractivity contribution in [3.8, 4) is 0 Å². The number of nitrogens with zero attached hydrogens (tertiary/aromatic N) is 1. The SMILES string of the molecule is CC(c1ccccc1)N(C)C(=O)CNC1CC1. The molecule has 0 saturated heterocycles. The van der Waals surface area contributed by atoms with Crippen molar-refractivity contribution in [2.24, 2.45) is 0 Å². The first-order valence-corrected chi connectivity index (χ1v) is 6.22. The van der Waals surface area contributed by atoms with Crippen LogP contribution >= 0.6 is 0 Å². The number of amides is 1. The maximum atomic E-state index is 12.0. The minimum Gasteiger partial charge on any atom is -0.338 e. The largest absolute Gasteiger partial charge is 0.338 e. The van der Waals surface area contributed by atoms with Gasteiger partial charge in [0.2, 0.25) is 5.91 Å². The van der Waals surface area contributed by atoms with Gasteiger partial charge in [-0.15, -0.1) is 0 Å². The molecular weight excluding hydrogens is 212 g/mol. The molecule has 0 bridgehead atoms. The van der Waals surface area contributed by atoms with Crippen LogP contribution in [0.5, 0.6) is 0 Å². The van der Waals surface area contributed by atoms with Crippen LogP contribution in [0.25, 0.3) is 0 Å². The summed E-state index contributed by atoms with van der Waals surface area (Å²) in [4.78, 5) is 13.8. The second kappa shape index (κ2) is 5.32. The monoisotopic (exact) mass is 232 g/mol. The molecule has 1 aromatic carbocycles. The third-order valence-corrected chi connectivity index (χ3v) is 3.38. The van der Waals surface area contributed by atoms with E-state index in [0.29, 0.717) is 12.6 Å². The predicted octanol–water partition coefficient (Wildman–Crippen LogP) is 1.96.